The van der Waals surface area contributed by atoms with Crippen LogP contribution in [-0.4, -0.2) is 55.4 Å². The van der Waals surface area contributed by atoms with Crippen molar-refractivity contribution in [3.05, 3.63) is 17.7 Å². The van der Waals surface area contributed by atoms with E-state index < -0.39 is 5.60 Å². The molecule has 0 N–H and O–H groups in total. The van der Waals surface area contributed by atoms with Crippen LogP contribution < -0.4 is 4.74 Å². The topological polar surface area (TPSA) is 81.9 Å². The van der Waals surface area contributed by atoms with E-state index in [1.165, 1.54) is 0 Å². The van der Waals surface area contributed by atoms with Crippen LogP contribution in [0.4, 0.5) is 4.79 Å². The van der Waals surface area contributed by atoms with Crippen molar-refractivity contribution in [1.29, 1.82) is 0 Å². The summed E-state index contributed by atoms with van der Waals surface area (Å²) >= 11 is 0. The molecule has 3 heterocycles. The van der Waals surface area contributed by atoms with Gasteiger partial charge in [-0.2, -0.15) is 4.98 Å². The summed E-state index contributed by atoms with van der Waals surface area (Å²) in [4.78, 5) is 22.6. The summed E-state index contributed by atoms with van der Waals surface area (Å²) in [5, 5.41) is 4.37. The summed E-state index contributed by atoms with van der Waals surface area (Å²) in [5.74, 6) is 1.99. The van der Waals surface area contributed by atoms with Crippen molar-refractivity contribution in [2.75, 3.05) is 13.1 Å². The normalized spacial score (nSPS) is 18.0. The Balaban J connectivity index is 1.68. The molecule has 1 aliphatic rings. The lowest BCUT2D eigenvalue weighted by molar-refractivity contribution is 0.0275. The first-order chi connectivity index (χ1) is 11.7. The van der Waals surface area contributed by atoms with E-state index in [9.17, 15) is 4.79 Å². The van der Waals surface area contributed by atoms with Gasteiger partial charge in [-0.15, -0.1) is 5.10 Å². The number of likely N-dealkylation sites (tertiary alicyclic amines) is 1. The average Bonchev–Trinajstić information content (AvgIpc) is 3.12. The Morgan fingerprint density at radius 3 is 2.80 bits per heavy atom. The number of carbonyl (C=O) groups excluding carboxylic acids is 1. The lowest BCUT2D eigenvalue weighted by Crippen LogP contribution is -2.36. The molecule has 25 heavy (non-hydrogen) atoms. The monoisotopic (exact) mass is 347 g/mol. The fourth-order valence-electron chi connectivity index (χ4n) is 2.69. The predicted molar refractivity (Wildman–Crippen MR) is 91.7 cm³/mol. The third-order valence-electron chi connectivity index (χ3n) is 3.93. The van der Waals surface area contributed by atoms with Gasteiger partial charge in [-0.1, -0.05) is 6.92 Å². The van der Waals surface area contributed by atoms with Gasteiger partial charge in [0.15, 0.2) is 11.6 Å². The Morgan fingerprint density at radius 2 is 2.12 bits per heavy atom. The summed E-state index contributed by atoms with van der Waals surface area (Å²) in [6.07, 6.45) is 2.94. The largest absolute Gasteiger partial charge is 0.485 e. The summed E-state index contributed by atoms with van der Waals surface area (Å²) in [7, 11) is 0. The summed E-state index contributed by atoms with van der Waals surface area (Å²) in [5.41, 5.74) is 0.268. The minimum atomic E-state index is -0.494. The first-order valence-corrected chi connectivity index (χ1v) is 8.62. The number of ether oxygens (including phenoxy) is 2. The zero-order valence-corrected chi connectivity index (χ0v) is 15.4. The quantitative estimate of drug-likeness (QED) is 0.848. The zero-order chi connectivity index (χ0) is 18.2. The Labute approximate surface area is 147 Å². The molecule has 1 saturated heterocycles. The molecule has 1 atom stereocenters. The van der Waals surface area contributed by atoms with Crippen molar-refractivity contribution in [3.63, 3.8) is 0 Å². The second-order valence-electron chi connectivity index (χ2n) is 7.27. The molecule has 1 fully saturated rings. The van der Waals surface area contributed by atoms with Gasteiger partial charge in [-0.25, -0.2) is 14.3 Å². The molecular weight excluding hydrogens is 322 g/mol. The number of hydrogen-bond donors (Lipinski definition) is 0. The van der Waals surface area contributed by atoms with Gasteiger partial charge in [-0.3, -0.25) is 0 Å². The van der Waals surface area contributed by atoms with Gasteiger partial charge in [0.1, 0.15) is 11.7 Å². The SMILES string of the molecule is CCc1nc2nc(C)c(O[C@@H]3CCN(C(=O)OC(C)(C)C)C3)cn2n1. The molecule has 0 saturated carbocycles. The van der Waals surface area contributed by atoms with Crippen LogP contribution in [0.3, 0.4) is 0 Å². The van der Waals surface area contributed by atoms with Gasteiger partial charge in [-0.05, 0) is 27.7 Å². The van der Waals surface area contributed by atoms with E-state index in [-0.39, 0.29) is 12.2 Å². The molecule has 3 rings (SSSR count). The number of amides is 1. The van der Waals surface area contributed by atoms with E-state index in [0.29, 0.717) is 24.6 Å². The molecule has 0 spiro atoms. The molecule has 0 unspecified atom stereocenters. The zero-order valence-electron chi connectivity index (χ0n) is 15.4. The molecule has 0 aromatic carbocycles. The van der Waals surface area contributed by atoms with Crippen LogP contribution in [0, 0.1) is 6.92 Å². The van der Waals surface area contributed by atoms with E-state index in [4.69, 9.17) is 9.47 Å². The van der Waals surface area contributed by atoms with E-state index in [0.717, 1.165) is 24.4 Å². The first kappa shape index (κ1) is 17.4. The van der Waals surface area contributed by atoms with E-state index >= 15 is 0 Å². The summed E-state index contributed by atoms with van der Waals surface area (Å²) < 4.78 is 13.1. The van der Waals surface area contributed by atoms with E-state index in [1.807, 2.05) is 34.6 Å². The Morgan fingerprint density at radius 1 is 1.36 bits per heavy atom. The molecule has 8 heteroatoms. The Bertz CT molecular complexity index is 780. The van der Waals surface area contributed by atoms with Crippen LogP contribution in [0.25, 0.3) is 5.78 Å². The minimum Gasteiger partial charge on any atom is -0.485 e. The van der Waals surface area contributed by atoms with Crippen molar-refractivity contribution in [2.45, 2.75) is 59.2 Å². The second-order valence-corrected chi connectivity index (χ2v) is 7.27. The molecule has 1 aliphatic heterocycles. The molecule has 0 bridgehead atoms. The predicted octanol–water partition coefficient (Wildman–Crippen LogP) is 2.38. The van der Waals surface area contributed by atoms with Crippen LogP contribution in [-0.2, 0) is 11.2 Å². The average molecular weight is 347 g/mol. The lowest BCUT2D eigenvalue weighted by Gasteiger charge is -2.24. The highest BCUT2D eigenvalue weighted by atomic mass is 16.6. The van der Waals surface area contributed by atoms with Gasteiger partial charge in [0.25, 0.3) is 5.78 Å². The van der Waals surface area contributed by atoms with E-state index in [1.54, 1.807) is 15.6 Å². The van der Waals surface area contributed by atoms with Crippen LogP contribution in [0.5, 0.6) is 5.75 Å². The number of aromatic nitrogens is 4. The molecule has 2 aromatic heterocycles. The molecule has 136 valence electrons. The first-order valence-electron chi connectivity index (χ1n) is 8.62. The van der Waals surface area contributed by atoms with Gasteiger partial charge >= 0.3 is 6.09 Å². The van der Waals surface area contributed by atoms with Crippen LogP contribution in [0.15, 0.2) is 6.20 Å². The maximum absolute atomic E-state index is 12.1. The van der Waals surface area contributed by atoms with E-state index in [2.05, 4.69) is 15.1 Å². The van der Waals surface area contributed by atoms with Crippen molar-refractivity contribution in [3.8, 4) is 5.75 Å². The molecule has 1 amide bonds. The van der Waals surface area contributed by atoms with Crippen molar-refractivity contribution in [2.24, 2.45) is 0 Å². The number of fused-ring (bicyclic) bond motifs is 1. The van der Waals surface area contributed by atoms with Gasteiger partial charge < -0.3 is 14.4 Å². The number of aryl methyl sites for hydroxylation is 2. The van der Waals surface area contributed by atoms with Gasteiger partial charge in [0.05, 0.1) is 18.4 Å². The smallest absolute Gasteiger partial charge is 0.410 e. The van der Waals surface area contributed by atoms with Crippen LogP contribution in [0.1, 0.15) is 45.6 Å². The fourth-order valence-corrected chi connectivity index (χ4v) is 2.69. The fraction of sp³-hybridized carbons (Fsp3) is 0.647. The third kappa shape index (κ3) is 4.00. The lowest BCUT2D eigenvalue weighted by atomic mass is 10.2. The molecule has 0 radical (unpaired) electrons. The molecule has 0 aliphatic carbocycles. The van der Waals surface area contributed by atoms with Crippen molar-refractivity contribution >= 4 is 11.9 Å². The third-order valence-corrected chi connectivity index (χ3v) is 3.93. The van der Waals surface area contributed by atoms with Gasteiger partial charge in [0.2, 0.25) is 0 Å². The van der Waals surface area contributed by atoms with Crippen LogP contribution in [0.2, 0.25) is 0 Å². The molecule has 8 nitrogen and oxygen atoms in total. The van der Waals surface area contributed by atoms with Crippen molar-refractivity contribution in [1.82, 2.24) is 24.5 Å². The highest BCUT2D eigenvalue weighted by molar-refractivity contribution is 5.68. The second kappa shape index (κ2) is 6.50. The highest BCUT2D eigenvalue weighted by Gasteiger charge is 2.31. The maximum atomic E-state index is 12.1. The molecular formula is C17H25N5O3. The van der Waals surface area contributed by atoms with Gasteiger partial charge in [0, 0.05) is 19.4 Å². The summed E-state index contributed by atoms with van der Waals surface area (Å²) in [6, 6.07) is 0. The standard InChI is InChI=1S/C17H25N5O3/c1-6-14-19-15-18-11(2)13(10-22(15)20-14)24-12-7-8-21(9-12)16(23)25-17(3,4)5/h10,12H,6-9H2,1-5H3/t12-/m1/s1. The number of rotatable bonds is 3. The van der Waals surface area contributed by atoms with Crippen LogP contribution >= 0.6 is 0 Å². The number of hydrogen-bond acceptors (Lipinski definition) is 6. The highest BCUT2D eigenvalue weighted by Crippen LogP contribution is 2.22. The Kier molecular flexibility index (Phi) is 4.53. The molecule has 2 aromatic rings. The number of nitrogens with zero attached hydrogens (tertiary/aromatic N) is 5. The number of carbonyl (C=O) groups is 1. The Hall–Kier alpha value is -2.38. The minimum absolute atomic E-state index is 0.0837. The summed E-state index contributed by atoms with van der Waals surface area (Å²) in [6.45, 7) is 10.6. The van der Waals surface area contributed by atoms with Crippen molar-refractivity contribution < 1.29 is 14.3 Å². The maximum Gasteiger partial charge on any atom is 0.410 e.